The van der Waals surface area contributed by atoms with Crippen molar-refractivity contribution in [2.45, 2.75) is 37.9 Å². The molecule has 0 aliphatic carbocycles. The van der Waals surface area contributed by atoms with Crippen LogP contribution in [0.2, 0.25) is 0 Å². The molecule has 2 unspecified atom stereocenters. The van der Waals surface area contributed by atoms with Crippen LogP contribution in [0.4, 0.5) is 4.39 Å². The van der Waals surface area contributed by atoms with Gasteiger partial charge in [-0.25, -0.2) is 9.18 Å². The van der Waals surface area contributed by atoms with Gasteiger partial charge in [0.15, 0.2) is 0 Å². The number of carbonyl (C=O) groups is 2. The molecule has 0 saturated carbocycles. The van der Waals surface area contributed by atoms with Crippen LogP contribution in [0.15, 0.2) is 48.5 Å². The lowest BCUT2D eigenvalue weighted by Gasteiger charge is -2.36. The van der Waals surface area contributed by atoms with E-state index in [1.807, 2.05) is 24.3 Å². The minimum atomic E-state index is -0.603. The lowest BCUT2D eigenvalue weighted by Crippen LogP contribution is -2.51. The van der Waals surface area contributed by atoms with Gasteiger partial charge < -0.3 is 9.64 Å². The van der Waals surface area contributed by atoms with Crippen molar-refractivity contribution < 1.29 is 18.7 Å². The number of halogens is 1. The van der Waals surface area contributed by atoms with Crippen LogP contribution in [0.5, 0.6) is 0 Å². The fourth-order valence-corrected chi connectivity index (χ4v) is 4.47. The molecule has 1 saturated heterocycles. The minimum absolute atomic E-state index is 0.0797. The molecule has 2 aromatic carbocycles. The number of carbonyl (C=O) groups excluding carboxylic acids is 2. The fourth-order valence-electron chi connectivity index (χ4n) is 4.47. The molecule has 1 amide bonds. The Morgan fingerprint density at radius 3 is 2.55 bits per heavy atom. The van der Waals surface area contributed by atoms with Gasteiger partial charge in [0.25, 0.3) is 0 Å². The number of benzene rings is 2. The molecule has 2 aliphatic heterocycles. The molecular formula is C23H25FN2O3. The van der Waals surface area contributed by atoms with Crippen LogP contribution >= 0.6 is 0 Å². The predicted octanol–water partition coefficient (Wildman–Crippen LogP) is 3.09. The van der Waals surface area contributed by atoms with E-state index in [1.165, 1.54) is 19.2 Å². The van der Waals surface area contributed by atoms with Crippen molar-refractivity contribution in [1.29, 1.82) is 0 Å². The molecule has 2 heterocycles. The Labute approximate surface area is 170 Å². The Balaban J connectivity index is 1.52. The number of esters is 1. The third-order valence-electron chi connectivity index (χ3n) is 6.00. The summed E-state index contributed by atoms with van der Waals surface area (Å²) in [5.74, 6) is -0.726. The largest absolute Gasteiger partial charge is 0.467 e. The normalized spacial score (nSPS) is 21.7. The molecule has 1 fully saturated rings. The average molecular weight is 396 g/mol. The Hall–Kier alpha value is -2.73. The Morgan fingerprint density at radius 2 is 1.83 bits per heavy atom. The van der Waals surface area contributed by atoms with E-state index >= 15 is 0 Å². The predicted molar refractivity (Wildman–Crippen MR) is 106 cm³/mol. The number of amides is 1. The van der Waals surface area contributed by atoms with Crippen LogP contribution in [0.1, 0.15) is 35.6 Å². The van der Waals surface area contributed by atoms with Crippen molar-refractivity contribution in [3.63, 3.8) is 0 Å². The zero-order valence-electron chi connectivity index (χ0n) is 16.5. The molecule has 4 rings (SSSR count). The summed E-state index contributed by atoms with van der Waals surface area (Å²) in [4.78, 5) is 29.4. The highest BCUT2D eigenvalue weighted by Gasteiger charge is 2.37. The highest BCUT2D eigenvalue weighted by Crippen LogP contribution is 2.32. The topological polar surface area (TPSA) is 49.9 Å². The van der Waals surface area contributed by atoms with E-state index in [2.05, 4.69) is 4.90 Å². The van der Waals surface area contributed by atoms with E-state index in [-0.39, 0.29) is 30.3 Å². The first-order chi connectivity index (χ1) is 14.1. The van der Waals surface area contributed by atoms with E-state index in [0.29, 0.717) is 13.0 Å². The number of methoxy groups -OCH3 is 1. The molecule has 0 spiro atoms. The van der Waals surface area contributed by atoms with E-state index in [0.717, 1.165) is 36.1 Å². The summed E-state index contributed by atoms with van der Waals surface area (Å²) >= 11 is 0. The highest BCUT2D eigenvalue weighted by molar-refractivity contribution is 5.86. The number of fused-ring (bicyclic) bond motifs is 1. The van der Waals surface area contributed by atoms with E-state index < -0.39 is 6.04 Å². The van der Waals surface area contributed by atoms with Crippen LogP contribution in [-0.2, 0) is 27.3 Å². The summed E-state index contributed by atoms with van der Waals surface area (Å²) in [6.45, 7) is 1.45. The molecule has 152 valence electrons. The van der Waals surface area contributed by atoms with E-state index in [1.54, 1.807) is 17.0 Å². The third kappa shape index (κ3) is 4.03. The molecule has 0 bridgehead atoms. The first-order valence-electron chi connectivity index (χ1n) is 10.0. The van der Waals surface area contributed by atoms with Crippen molar-refractivity contribution in [3.05, 3.63) is 71.0 Å². The molecule has 2 atom stereocenters. The van der Waals surface area contributed by atoms with Gasteiger partial charge in [-0.2, -0.15) is 0 Å². The lowest BCUT2D eigenvalue weighted by atomic mass is 9.94. The average Bonchev–Trinajstić information content (AvgIpc) is 3.20. The summed E-state index contributed by atoms with van der Waals surface area (Å²) in [7, 11) is 1.36. The molecular weight excluding hydrogens is 371 g/mol. The van der Waals surface area contributed by atoms with Crippen molar-refractivity contribution in [3.8, 4) is 0 Å². The van der Waals surface area contributed by atoms with Crippen molar-refractivity contribution in [2.24, 2.45) is 0 Å². The Kier molecular flexibility index (Phi) is 5.62. The summed E-state index contributed by atoms with van der Waals surface area (Å²) in [6.07, 6.45) is 2.39. The van der Waals surface area contributed by atoms with Crippen LogP contribution in [-0.4, -0.2) is 47.9 Å². The van der Waals surface area contributed by atoms with Gasteiger partial charge in [-0.15, -0.1) is 0 Å². The van der Waals surface area contributed by atoms with Gasteiger partial charge in [0, 0.05) is 19.0 Å². The first kappa shape index (κ1) is 19.6. The van der Waals surface area contributed by atoms with Gasteiger partial charge in [-0.1, -0.05) is 36.4 Å². The maximum Gasteiger partial charge on any atom is 0.328 e. The van der Waals surface area contributed by atoms with Gasteiger partial charge in [0.2, 0.25) is 5.91 Å². The second kappa shape index (κ2) is 8.33. The van der Waals surface area contributed by atoms with Crippen LogP contribution < -0.4 is 0 Å². The molecule has 6 heteroatoms. The van der Waals surface area contributed by atoms with Crippen molar-refractivity contribution >= 4 is 11.9 Å². The number of rotatable bonds is 4. The lowest BCUT2D eigenvalue weighted by molar-refractivity contribution is -0.154. The molecule has 5 nitrogen and oxygen atoms in total. The van der Waals surface area contributed by atoms with Gasteiger partial charge in [-0.05, 0) is 48.2 Å². The van der Waals surface area contributed by atoms with Gasteiger partial charge in [0.1, 0.15) is 11.9 Å². The second-order valence-electron chi connectivity index (χ2n) is 7.71. The van der Waals surface area contributed by atoms with Crippen LogP contribution in [0, 0.1) is 5.82 Å². The van der Waals surface area contributed by atoms with Crippen LogP contribution in [0.3, 0.4) is 0 Å². The zero-order valence-corrected chi connectivity index (χ0v) is 16.5. The number of ether oxygens (including phenoxy) is 1. The number of hydrogen-bond donors (Lipinski definition) is 0. The monoisotopic (exact) mass is 396 g/mol. The Bertz CT molecular complexity index is 899. The second-order valence-corrected chi connectivity index (χ2v) is 7.71. The molecule has 0 N–H and O–H groups in total. The molecule has 0 radical (unpaired) electrons. The maximum atomic E-state index is 13.3. The fraction of sp³-hybridized carbons (Fsp3) is 0.391. The molecule has 2 aliphatic rings. The smallest absolute Gasteiger partial charge is 0.328 e. The molecule has 2 aromatic rings. The first-order valence-corrected chi connectivity index (χ1v) is 10.0. The van der Waals surface area contributed by atoms with E-state index in [9.17, 15) is 14.0 Å². The number of hydrogen-bond acceptors (Lipinski definition) is 4. The van der Waals surface area contributed by atoms with E-state index in [4.69, 9.17) is 4.74 Å². The quantitative estimate of drug-likeness (QED) is 0.746. The summed E-state index contributed by atoms with van der Waals surface area (Å²) in [5.41, 5.74) is 3.17. The number of nitrogens with zero attached hydrogens (tertiary/aromatic N) is 2. The third-order valence-corrected chi connectivity index (χ3v) is 6.00. The highest BCUT2D eigenvalue weighted by atomic mass is 19.1. The van der Waals surface area contributed by atoms with Crippen molar-refractivity contribution in [1.82, 2.24) is 9.80 Å². The summed E-state index contributed by atoms with van der Waals surface area (Å²) < 4.78 is 18.3. The van der Waals surface area contributed by atoms with Crippen molar-refractivity contribution in [2.75, 3.05) is 20.2 Å². The van der Waals surface area contributed by atoms with Gasteiger partial charge in [0.05, 0.1) is 13.7 Å². The summed E-state index contributed by atoms with van der Waals surface area (Å²) in [6, 6.07) is 13.9. The summed E-state index contributed by atoms with van der Waals surface area (Å²) in [5, 5.41) is 0. The minimum Gasteiger partial charge on any atom is -0.467 e. The Morgan fingerprint density at radius 1 is 1.10 bits per heavy atom. The van der Waals surface area contributed by atoms with Gasteiger partial charge >= 0.3 is 5.97 Å². The standard InChI is InChI=1S/C23H25FN2O3/c1-29-23(28)21-13-17-5-2-3-6-18(17)14-26(21)22(27)15-25-12-4-7-20(25)16-8-10-19(24)11-9-16/h2-3,5-6,8-11,20-21H,4,7,12-15H2,1H3. The molecule has 29 heavy (non-hydrogen) atoms. The zero-order chi connectivity index (χ0) is 20.4. The molecule has 0 aromatic heterocycles. The van der Waals surface area contributed by atoms with Crippen LogP contribution in [0.25, 0.3) is 0 Å². The van der Waals surface area contributed by atoms with Gasteiger partial charge in [-0.3, -0.25) is 9.69 Å². The SMILES string of the molecule is COC(=O)C1Cc2ccccc2CN1C(=O)CN1CCCC1c1ccc(F)cc1. The maximum absolute atomic E-state index is 13.3. The number of likely N-dealkylation sites (tertiary alicyclic amines) is 1.